The minimum atomic E-state index is -1.67. The van der Waals surface area contributed by atoms with E-state index in [2.05, 4.69) is 0 Å². The summed E-state index contributed by atoms with van der Waals surface area (Å²) in [7, 11) is 0. The molecule has 6 nitrogen and oxygen atoms in total. The van der Waals surface area contributed by atoms with Gasteiger partial charge in [-0.2, -0.15) is 0 Å². The van der Waals surface area contributed by atoms with E-state index in [-0.39, 0.29) is 36.1 Å². The topological polar surface area (TPSA) is 93.2 Å². The Bertz CT molecular complexity index is 956. The molecular weight excluding hydrogens is 403 g/mol. The summed E-state index contributed by atoms with van der Waals surface area (Å²) in [5.74, 6) is -1.96. The van der Waals surface area contributed by atoms with Gasteiger partial charge in [0, 0.05) is 17.8 Å². The van der Waals surface area contributed by atoms with Crippen LogP contribution in [-0.4, -0.2) is 52.7 Å². The minimum absolute atomic E-state index is 0.129. The molecule has 1 aliphatic heterocycles. The van der Waals surface area contributed by atoms with E-state index in [0.29, 0.717) is 18.4 Å². The van der Waals surface area contributed by atoms with E-state index in [1.165, 1.54) is 19.1 Å². The zero-order valence-corrected chi connectivity index (χ0v) is 18.3. The summed E-state index contributed by atoms with van der Waals surface area (Å²) in [5, 5.41) is 11.8. The van der Waals surface area contributed by atoms with Crippen LogP contribution >= 0.6 is 0 Å². The Morgan fingerprint density at radius 2 is 2.00 bits per heavy atom. The van der Waals surface area contributed by atoms with Crippen molar-refractivity contribution in [1.29, 1.82) is 0 Å². The van der Waals surface area contributed by atoms with Crippen molar-refractivity contribution >= 4 is 17.5 Å². The van der Waals surface area contributed by atoms with Crippen LogP contribution in [0.15, 0.2) is 23.8 Å². The number of carbonyl (C=O) groups is 3. The molecule has 168 valence electrons. The molecule has 4 aliphatic carbocycles. The lowest BCUT2D eigenvalue weighted by Gasteiger charge is -2.56. The van der Waals surface area contributed by atoms with E-state index in [0.717, 1.165) is 0 Å². The van der Waals surface area contributed by atoms with Crippen molar-refractivity contribution in [2.24, 2.45) is 28.6 Å². The van der Waals surface area contributed by atoms with E-state index >= 15 is 4.39 Å². The first kappa shape index (κ1) is 21.0. The molecule has 5 rings (SSSR count). The SMILES string of the molecule is CC(=O)OCC(=O)[C@@]1(O)[C@@H](C)C[C@H]2[C@@H]3CC(F)C4=CC(=O)C=C[C@]4(C)[C@@]34O[C@H]4C[C@@]21C. The van der Waals surface area contributed by atoms with Gasteiger partial charge in [-0.05, 0) is 61.7 Å². The standard InChI is InChI=1S/C24H29FO6/c1-12-7-15-16-9-18(25)17-8-14(27)5-6-21(17,3)24(16)20(31-24)10-22(15,4)23(12,29)19(28)11-30-13(2)26/h5-6,8,12,15-16,18,20,29H,7,9-11H2,1-4H3/t12-,15-,16-,18?,20-,21-,22-,23-,24+/m0/s1. The number of allylic oxidation sites excluding steroid dienone is 2. The molecule has 0 aromatic heterocycles. The van der Waals surface area contributed by atoms with Crippen molar-refractivity contribution < 1.29 is 33.4 Å². The average Bonchev–Trinajstić information content (AvgIpc) is 3.38. The number of esters is 1. The predicted molar refractivity (Wildman–Crippen MR) is 108 cm³/mol. The third-order valence-corrected chi connectivity index (χ3v) is 9.33. The molecule has 7 heteroatoms. The smallest absolute Gasteiger partial charge is 0.303 e. The van der Waals surface area contributed by atoms with Crippen LogP contribution in [0.25, 0.3) is 0 Å². The van der Waals surface area contributed by atoms with Gasteiger partial charge in [-0.15, -0.1) is 0 Å². The molecule has 31 heavy (non-hydrogen) atoms. The highest BCUT2D eigenvalue weighted by molar-refractivity contribution is 6.01. The number of epoxide rings is 1. The Morgan fingerprint density at radius 3 is 2.68 bits per heavy atom. The summed E-state index contributed by atoms with van der Waals surface area (Å²) in [5.41, 5.74) is -3.35. The van der Waals surface area contributed by atoms with Crippen molar-refractivity contribution in [3.63, 3.8) is 0 Å². The number of hydrogen-bond acceptors (Lipinski definition) is 6. The van der Waals surface area contributed by atoms with Crippen molar-refractivity contribution in [1.82, 2.24) is 0 Å². The van der Waals surface area contributed by atoms with Crippen molar-refractivity contribution in [2.75, 3.05) is 6.61 Å². The molecule has 1 spiro atoms. The maximum Gasteiger partial charge on any atom is 0.303 e. The summed E-state index contributed by atoms with van der Waals surface area (Å²) >= 11 is 0. The Morgan fingerprint density at radius 1 is 1.29 bits per heavy atom. The van der Waals surface area contributed by atoms with Gasteiger partial charge < -0.3 is 14.6 Å². The molecule has 1 unspecified atom stereocenters. The highest BCUT2D eigenvalue weighted by Gasteiger charge is 2.82. The molecule has 3 saturated carbocycles. The minimum Gasteiger partial charge on any atom is -0.458 e. The Kier molecular flexibility index (Phi) is 4.16. The quantitative estimate of drug-likeness (QED) is 0.544. The number of ketones is 2. The van der Waals surface area contributed by atoms with Crippen LogP contribution in [0.2, 0.25) is 0 Å². The molecular formula is C24H29FO6. The number of fused-ring (bicyclic) bond motifs is 3. The predicted octanol–water partition coefficient (Wildman–Crippen LogP) is 2.48. The van der Waals surface area contributed by atoms with Crippen LogP contribution < -0.4 is 0 Å². The summed E-state index contributed by atoms with van der Waals surface area (Å²) in [6.07, 6.45) is 4.42. The fraction of sp³-hybridized carbons (Fsp3) is 0.708. The van der Waals surface area contributed by atoms with E-state index in [9.17, 15) is 19.5 Å². The second-order valence-electron chi connectivity index (χ2n) is 10.6. The van der Waals surface area contributed by atoms with Crippen molar-refractivity contribution in [3.05, 3.63) is 23.8 Å². The lowest BCUT2D eigenvalue weighted by atomic mass is 9.46. The average molecular weight is 432 g/mol. The van der Waals surface area contributed by atoms with Gasteiger partial charge in [0.05, 0.1) is 6.10 Å². The first-order chi connectivity index (χ1) is 14.4. The zero-order valence-electron chi connectivity index (χ0n) is 18.3. The Balaban J connectivity index is 1.55. The van der Waals surface area contributed by atoms with Gasteiger partial charge in [-0.1, -0.05) is 19.9 Å². The van der Waals surface area contributed by atoms with Gasteiger partial charge in [-0.25, -0.2) is 4.39 Å². The van der Waals surface area contributed by atoms with Crippen LogP contribution in [0.3, 0.4) is 0 Å². The molecule has 0 aromatic carbocycles. The van der Waals surface area contributed by atoms with Gasteiger partial charge in [0.15, 0.2) is 12.4 Å². The third-order valence-electron chi connectivity index (χ3n) is 9.33. The normalized spacial score (nSPS) is 51.7. The highest BCUT2D eigenvalue weighted by Crippen LogP contribution is 2.76. The Labute approximate surface area is 180 Å². The third kappa shape index (κ3) is 2.31. The van der Waals surface area contributed by atoms with Gasteiger partial charge in [0.25, 0.3) is 0 Å². The summed E-state index contributed by atoms with van der Waals surface area (Å²) in [6, 6.07) is 0. The molecule has 0 amide bonds. The number of aliphatic hydroxyl groups is 1. The number of ether oxygens (including phenoxy) is 2. The summed E-state index contributed by atoms with van der Waals surface area (Å²) < 4.78 is 26.7. The maximum atomic E-state index is 15.4. The fourth-order valence-corrected chi connectivity index (χ4v) is 7.85. The van der Waals surface area contributed by atoms with Gasteiger partial charge in [0.2, 0.25) is 5.78 Å². The maximum absolute atomic E-state index is 15.4. The number of rotatable bonds is 3. The summed E-state index contributed by atoms with van der Waals surface area (Å²) in [4.78, 5) is 36.3. The van der Waals surface area contributed by atoms with Crippen LogP contribution in [0.4, 0.5) is 4.39 Å². The van der Waals surface area contributed by atoms with Crippen molar-refractivity contribution in [2.45, 2.75) is 70.4 Å². The molecule has 1 heterocycles. The number of hydrogen-bond donors (Lipinski definition) is 1. The lowest BCUT2D eigenvalue weighted by molar-refractivity contribution is -0.171. The van der Waals surface area contributed by atoms with Crippen molar-refractivity contribution in [3.8, 4) is 0 Å². The summed E-state index contributed by atoms with van der Waals surface area (Å²) in [6.45, 7) is 6.45. The molecule has 5 aliphatic rings. The molecule has 1 saturated heterocycles. The number of carbonyl (C=O) groups excluding carboxylic acids is 3. The van der Waals surface area contributed by atoms with E-state index < -0.39 is 46.6 Å². The molecule has 0 bridgehead atoms. The van der Waals surface area contributed by atoms with Crippen LogP contribution in [-0.2, 0) is 23.9 Å². The first-order valence-electron chi connectivity index (χ1n) is 11.1. The van der Waals surface area contributed by atoms with E-state index in [1.807, 2.05) is 20.8 Å². The van der Waals surface area contributed by atoms with Gasteiger partial charge in [-0.3, -0.25) is 14.4 Å². The van der Waals surface area contributed by atoms with Gasteiger partial charge >= 0.3 is 5.97 Å². The number of alkyl halides is 1. The number of halogens is 1. The lowest BCUT2D eigenvalue weighted by Crippen LogP contribution is -2.63. The first-order valence-corrected chi connectivity index (χ1v) is 11.1. The van der Waals surface area contributed by atoms with Gasteiger partial charge in [0.1, 0.15) is 17.4 Å². The second-order valence-corrected chi connectivity index (χ2v) is 10.6. The van der Waals surface area contributed by atoms with Crippen LogP contribution in [0, 0.1) is 28.6 Å². The molecule has 9 atom stereocenters. The fourth-order valence-electron chi connectivity index (χ4n) is 7.85. The van der Waals surface area contributed by atoms with E-state index in [4.69, 9.17) is 9.47 Å². The monoisotopic (exact) mass is 432 g/mol. The molecule has 4 fully saturated rings. The molecule has 1 N–H and O–H groups in total. The van der Waals surface area contributed by atoms with Crippen LogP contribution in [0.1, 0.15) is 47.0 Å². The molecule has 0 radical (unpaired) electrons. The molecule has 0 aromatic rings. The number of Topliss-reactive ketones (excluding diaryl/α,β-unsaturated/α-hetero) is 1. The highest BCUT2D eigenvalue weighted by atomic mass is 19.1. The largest absolute Gasteiger partial charge is 0.458 e. The Hall–Kier alpha value is -1.86. The second kappa shape index (κ2) is 6.13. The zero-order chi connectivity index (χ0) is 22.6. The van der Waals surface area contributed by atoms with E-state index in [1.54, 1.807) is 6.08 Å². The van der Waals surface area contributed by atoms with Crippen LogP contribution in [0.5, 0.6) is 0 Å².